The van der Waals surface area contributed by atoms with Crippen LogP contribution in [-0.4, -0.2) is 30.0 Å². The highest BCUT2D eigenvalue weighted by molar-refractivity contribution is 5.77. The van der Waals surface area contributed by atoms with Crippen molar-refractivity contribution in [2.75, 3.05) is 19.0 Å². The number of para-hydroxylation sites is 1. The van der Waals surface area contributed by atoms with Gasteiger partial charge in [-0.05, 0) is 32.9 Å². The van der Waals surface area contributed by atoms with Crippen LogP contribution in [0.4, 0.5) is 11.4 Å². The zero-order chi connectivity index (χ0) is 16.0. The fraction of sp³-hybridized carbons (Fsp3) is 0.500. The highest BCUT2D eigenvalue weighted by atomic mass is 16.6. The molecule has 0 fully saturated rings. The van der Waals surface area contributed by atoms with E-state index in [4.69, 9.17) is 4.74 Å². The Labute approximate surface area is 123 Å². The van der Waals surface area contributed by atoms with Crippen molar-refractivity contribution in [1.82, 2.24) is 5.32 Å². The number of nitro groups is 1. The second kappa shape index (κ2) is 6.92. The summed E-state index contributed by atoms with van der Waals surface area (Å²) in [6.07, 6.45) is 0.228. The van der Waals surface area contributed by atoms with Crippen molar-refractivity contribution in [2.24, 2.45) is 0 Å². The number of nitro benzene ring substituents is 1. The minimum absolute atomic E-state index is 0.111. The van der Waals surface area contributed by atoms with Gasteiger partial charge in [-0.1, -0.05) is 6.07 Å². The number of benzene rings is 1. The first-order valence-corrected chi connectivity index (χ1v) is 6.61. The van der Waals surface area contributed by atoms with Gasteiger partial charge in [-0.15, -0.1) is 0 Å². The van der Waals surface area contributed by atoms with Gasteiger partial charge >= 0.3 is 5.69 Å². The molecule has 0 aliphatic carbocycles. The van der Waals surface area contributed by atoms with Crippen LogP contribution in [0.1, 0.15) is 27.2 Å². The lowest BCUT2D eigenvalue weighted by Gasteiger charge is -2.20. The van der Waals surface area contributed by atoms with Crippen molar-refractivity contribution >= 4 is 17.3 Å². The molecule has 116 valence electrons. The summed E-state index contributed by atoms with van der Waals surface area (Å²) in [7, 11) is 1.38. The van der Waals surface area contributed by atoms with E-state index in [2.05, 4.69) is 10.6 Å². The SMILES string of the molecule is COc1cccc(NCCC(=O)NC(C)(C)C)c1[N+](=O)[O-]. The third kappa shape index (κ3) is 5.29. The molecule has 0 unspecified atom stereocenters. The standard InChI is InChI=1S/C14H21N3O4/c1-14(2,3)16-12(18)8-9-15-10-6-5-7-11(21-4)13(10)17(19)20/h5-7,15H,8-9H2,1-4H3,(H,16,18). The molecule has 7 nitrogen and oxygen atoms in total. The van der Waals surface area contributed by atoms with Crippen LogP contribution in [0.5, 0.6) is 5.75 Å². The lowest BCUT2D eigenvalue weighted by atomic mass is 10.1. The van der Waals surface area contributed by atoms with Crippen molar-refractivity contribution in [3.05, 3.63) is 28.3 Å². The zero-order valence-corrected chi connectivity index (χ0v) is 12.7. The Morgan fingerprint density at radius 3 is 2.57 bits per heavy atom. The predicted molar refractivity (Wildman–Crippen MR) is 80.7 cm³/mol. The normalized spacial score (nSPS) is 10.9. The Kier molecular flexibility index (Phi) is 5.52. The van der Waals surface area contributed by atoms with Gasteiger partial charge < -0.3 is 15.4 Å². The summed E-state index contributed by atoms with van der Waals surface area (Å²) in [5.74, 6) is 0.0738. The maximum Gasteiger partial charge on any atom is 0.333 e. The minimum Gasteiger partial charge on any atom is -0.490 e. The average Bonchev–Trinajstić information content (AvgIpc) is 2.35. The molecule has 0 radical (unpaired) electrons. The first kappa shape index (κ1) is 16.7. The van der Waals surface area contributed by atoms with Gasteiger partial charge in [0.15, 0.2) is 5.75 Å². The molecule has 2 N–H and O–H groups in total. The number of hydrogen-bond donors (Lipinski definition) is 2. The fourth-order valence-corrected chi connectivity index (χ4v) is 1.81. The van der Waals surface area contributed by atoms with Gasteiger partial charge in [0.05, 0.1) is 12.0 Å². The second-order valence-corrected chi connectivity index (χ2v) is 5.59. The topological polar surface area (TPSA) is 93.5 Å². The summed E-state index contributed by atoms with van der Waals surface area (Å²) in [6.45, 7) is 5.98. The largest absolute Gasteiger partial charge is 0.490 e. The molecule has 21 heavy (non-hydrogen) atoms. The van der Waals surface area contributed by atoms with E-state index in [1.54, 1.807) is 12.1 Å². The Morgan fingerprint density at radius 1 is 1.38 bits per heavy atom. The Hall–Kier alpha value is -2.31. The maximum absolute atomic E-state index is 11.7. The number of methoxy groups -OCH3 is 1. The molecule has 0 bridgehead atoms. The van der Waals surface area contributed by atoms with E-state index in [9.17, 15) is 14.9 Å². The minimum atomic E-state index is -0.504. The Balaban J connectivity index is 2.68. The molecule has 1 aromatic rings. The molecule has 7 heteroatoms. The first-order valence-electron chi connectivity index (χ1n) is 6.61. The number of nitrogens with one attached hydrogen (secondary N) is 2. The monoisotopic (exact) mass is 295 g/mol. The van der Waals surface area contributed by atoms with Gasteiger partial charge in [0.2, 0.25) is 5.91 Å². The van der Waals surface area contributed by atoms with Crippen molar-refractivity contribution in [3.63, 3.8) is 0 Å². The van der Waals surface area contributed by atoms with E-state index < -0.39 is 4.92 Å². The van der Waals surface area contributed by atoms with Crippen LogP contribution in [0, 0.1) is 10.1 Å². The van der Waals surface area contributed by atoms with Gasteiger partial charge in [0.25, 0.3) is 0 Å². The molecule has 0 heterocycles. The summed E-state index contributed by atoms with van der Waals surface area (Å²) in [4.78, 5) is 22.3. The molecule has 0 aromatic heterocycles. The van der Waals surface area contributed by atoms with Crippen LogP contribution >= 0.6 is 0 Å². The van der Waals surface area contributed by atoms with Crippen molar-refractivity contribution in [3.8, 4) is 5.75 Å². The molecule has 1 amide bonds. The van der Waals surface area contributed by atoms with Crippen LogP contribution in [0.3, 0.4) is 0 Å². The maximum atomic E-state index is 11.7. The van der Waals surface area contributed by atoms with E-state index in [0.29, 0.717) is 12.2 Å². The van der Waals surface area contributed by atoms with Crippen LogP contribution in [-0.2, 0) is 4.79 Å². The second-order valence-electron chi connectivity index (χ2n) is 5.59. The van der Waals surface area contributed by atoms with Gasteiger partial charge in [-0.2, -0.15) is 0 Å². The number of hydrogen-bond acceptors (Lipinski definition) is 5. The molecule has 1 aromatic carbocycles. The molecule has 0 saturated heterocycles. The van der Waals surface area contributed by atoms with Crippen molar-refractivity contribution < 1.29 is 14.5 Å². The van der Waals surface area contributed by atoms with Crippen molar-refractivity contribution in [1.29, 1.82) is 0 Å². The van der Waals surface area contributed by atoms with E-state index in [1.807, 2.05) is 20.8 Å². The Bertz CT molecular complexity index is 523. The highest BCUT2D eigenvalue weighted by Crippen LogP contribution is 2.34. The highest BCUT2D eigenvalue weighted by Gasteiger charge is 2.20. The van der Waals surface area contributed by atoms with Crippen LogP contribution in [0.15, 0.2) is 18.2 Å². The lowest BCUT2D eigenvalue weighted by Crippen LogP contribution is -2.41. The number of carbonyl (C=O) groups excluding carboxylic acids is 1. The first-order chi connectivity index (χ1) is 9.74. The summed E-state index contributed by atoms with van der Waals surface area (Å²) in [5, 5.41) is 16.8. The number of anilines is 1. The number of ether oxygens (including phenoxy) is 1. The molecule has 0 spiro atoms. The lowest BCUT2D eigenvalue weighted by molar-refractivity contribution is -0.384. The molecular weight excluding hydrogens is 274 g/mol. The van der Waals surface area contributed by atoms with E-state index in [0.717, 1.165) is 0 Å². The van der Waals surface area contributed by atoms with Gasteiger partial charge in [-0.3, -0.25) is 14.9 Å². The number of carbonyl (C=O) groups is 1. The molecule has 0 aliphatic heterocycles. The fourth-order valence-electron chi connectivity index (χ4n) is 1.81. The van der Waals surface area contributed by atoms with Crippen molar-refractivity contribution in [2.45, 2.75) is 32.7 Å². The summed E-state index contributed by atoms with van der Waals surface area (Å²) in [5.41, 5.74) is -0.0851. The van der Waals surface area contributed by atoms with Crippen LogP contribution in [0.25, 0.3) is 0 Å². The third-order valence-electron chi connectivity index (χ3n) is 2.58. The van der Waals surface area contributed by atoms with Crippen LogP contribution in [0.2, 0.25) is 0 Å². The smallest absolute Gasteiger partial charge is 0.333 e. The van der Waals surface area contributed by atoms with Gasteiger partial charge in [0, 0.05) is 18.5 Å². The van der Waals surface area contributed by atoms with E-state index >= 15 is 0 Å². The summed E-state index contributed by atoms with van der Waals surface area (Å²) in [6, 6.07) is 4.77. The molecule has 0 aliphatic rings. The summed E-state index contributed by atoms with van der Waals surface area (Å²) < 4.78 is 4.98. The number of nitrogens with zero attached hydrogens (tertiary/aromatic N) is 1. The molecule has 0 atom stereocenters. The van der Waals surface area contributed by atoms with Crippen LogP contribution < -0.4 is 15.4 Å². The van der Waals surface area contributed by atoms with Gasteiger partial charge in [-0.25, -0.2) is 0 Å². The Morgan fingerprint density at radius 2 is 2.05 bits per heavy atom. The number of amides is 1. The molecular formula is C14H21N3O4. The molecule has 0 saturated carbocycles. The quantitative estimate of drug-likeness (QED) is 0.620. The third-order valence-corrected chi connectivity index (χ3v) is 2.58. The molecule has 1 rings (SSSR count). The van der Waals surface area contributed by atoms with Gasteiger partial charge in [0.1, 0.15) is 5.69 Å². The summed E-state index contributed by atoms with van der Waals surface area (Å²) >= 11 is 0. The van der Waals surface area contributed by atoms with E-state index in [-0.39, 0.29) is 29.3 Å². The zero-order valence-electron chi connectivity index (χ0n) is 12.7. The number of rotatable bonds is 6. The predicted octanol–water partition coefficient (Wildman–Crippen LogP) is 2.32. The average molecular weight is 295 g/mol. The van der Waals surface area contributed by atoms with E-state index in [1.165, 1.54) is 13.2 Å².